The maximum atomic E-state index is 11.8. The molecule has 4 nitrogen and oxygen atoms in total. The second-order valence-electron chi connectivity index (χ2n) is 4.86. The lowest BCUT2D eigenvalue weighted by molar-refractivity contribution is 0.267. The molecule has 8 heteroatoms. The number of thioether (sulfide) groups is 1. The molecule has 1 aromatic heterocycles. The molecule has 0 spiro atoms. The first-order valence-electron chi connectivity index (χ1n) is 6.50. The van der Waals surface area contributed by atoms with Crippen LogP contribution in [0.2, 0.25) is 0 Å². The maximum absolute atomic E-state index is 11.8. The van der Waals surface area contributed by atoms with Gasteiger partial charge < -0.3 is 0 Å². The molecule has 0 saturated carbocycles. The fourth-order valence-corrected chi connectivity index (χ4v) is 6.27. The third-order valence-electron chi connectivity index (χ3n) is 3.26. The highest BCUT2D eigenvalue weighted by molar-refractivity contribution is 8.00. The van der Waals surface area contributed by atoms with Crippen molar-refractivity contribution >= 4 is 44.5 Å². The number of halogens is 1. The van der Waals surface area contributed by atoms with Gasteiger partial charge in [0.1, 0.15) is 5.37 Å². The Balaban J connectivity index is 1.85. The van der Waals surface area contributed by atoms with Crippen molar-refractivity contribution in [3.8, 4) is 0 Å². The molecular formula is C12H19ClN2O2S3. The van der Waals surface area contributed by atoms with Gasteiger partial charge in [-0.15, -0.1) is 22.9 Å². The molecule has 0 radical (unpaired) electrons. The molecule has 0 bridgehead atoms. The quantitative estimate of drug-likeness (QED) is 0.733. The zero-order valence-corrected chi connectivity index (χ0v) is 14.6. The molecule has 1 unspecified atom stereocenters. The second-order valence-corrected chi connectivity index (χ2v) is 9.43. The van der Waals surface area contributed by atoms with Crippen molar-refractivity contribution in [1.82, 2.24) is 9.88 Å². The van der Waals surface area contributed by atoms with Gasteiger partial charge in [0.15, 0.2) is 9.84 Å². The first-order chi connectivity index (χ1) is 9.50. The highest BCUT2D eigenvalue weighted by Crippen LogP contribution is 2.21. The molecule has 114 valence electrons. The molecule has 1 atom stereocenters. The lowest BCUT2D eigenvalue weighted by Gasteiger charge is -2.33. The molecular weight excluding hydrogens is 336 g/mol. The van der Waals surface area contributed by atoms with Crippen molar-refractivity contribution in [2.75, 3.05) is 30.9 Å². The van der Waals surface area contributed by atoms with Crippen LogP contribution < -0.4 is 0 Å². The van der Waals surface area contributed by atoms with E-state index in [4.69, 9.17) is 11.6 Å². The minimum Gasteiger partial charge on any atom is -0.286 e. The van der Waals surface area contributed by atoms with E-state index in [9.17, 15) is 8.42 Å². The van der Waals surface area contributed by atoms with Gasteiger partial charge in [0.05, 0.1) is 16.6 Å². The highest BCUT2D eigenvalue weighted by atomic mass is 35.5. The summed E-state index contributed by atoms with van der Waals surface area (Å²) in [5, 5.41) is 2.75. The number of thiazole rings is 1. The predicted molar refractivity (Wildman–Crippen MR) is 87.5 cm³/mol. The van der Waals surface area contributed by atoms with Gasteiger partial charge in [-0.3, -0.25) is 4.90 Å². The summed E-state index contributed by atoms with van der Waals surface area (Å²) in [4.78, 5) is 6.52. The Morgan fingerprint density at radius 1 is 1.55 bits per heavy atom. The second kappa shape index (κ2) is 7.45. The van der Waals surface area contributed by atoms with Gasteiger partial charge in [0, 0.05) is 36.1 Å². The van der Waals surface area contributed by atoms with Crippen LogP contribution >= 0.6 is 34.7 Å². The van der Waals surface area contributed by atoms with Gasteiger partial charge in [-0.1, -0.05) is 0 Å². The van der Waals surface area contributed by atoms with E-state index in [-0.39, 0.29) is 5.37 Å². The van der Waals surface area contributed by atoms with Crippen molar-refractivity contribution < 1.29 is 8.42 Å². The lowest BCUT2D eigenvalue weighted by atomic mass is 10.3. The van der Waals surface area contributed by atoms with Crippen LogP contribution in [-0.2, 0) is 22.1 Å². The molecule has 0 N–H and O–H groups in total. The topological polar surface area (TPSA) is 50.3 Å². The number of alkyl halides is 1. The fraction of sp³-hybridized carbons (Fsp3) is 0.750. The summed E-state index contributed by atoms with van der Waals surface area (Å²) in [7, 11) is -3.00. The van der Waals surface area contributed by atoms with Gasteiger partial charge in [-0.05, 0) is 13.0 Å². The van der Waals surface area contributed by atoms with Crippen molar-refractivity contribution in [3.63, 3.8) is 0 Å². The summed E-state index contributed by atoms with van der Waals surface area (Å²) in [5.41, 5.74) is 0.926. The molecule has 1 saturated heterocycles. The van der Waals surface area contributed by atoms with Gasteiger partial charge in [0.2, 0.25) is 0 Å². The number of hydrogen-bond donors (Lipinski definition) is 0. The Kier molecular flexibility index (Phi) is 6.16. The SMILES string of the molecule is CS(=O)(=O)C1CSCCN1CCCc1nc(CCl)cs1. The van der Waals surface area contributed by atoms with E-state index in [1.165, 1.54) is 6.26 Å². The molecule has 1 fully saturated rings. The van der Waals surface area contributed by atoms with E-state index in [0.717, 1.165) is 42.4 Å². The van der Waals surface area contributed by atoms with Crippen LogP contribution in [0.25, 0.3) is 0 Å². The van der Waals surface area contributed by atoms with Crippen molar-refractivity contribution in [3.05, 3.63) is 16.1 Å². The molecule has 0 amide bonds. The number of hydrogen-bond acceptors (Lipinski definition) is 6. The van der Waals surface area contributed by atoms with Crippen LogP contribution in [0.4, 0.5) is 0 Å². The van der Waals surface area contributed by atoms with Crippen LogP contribution in [-0.4, -0.2) is 54.5 Å². The van der Waals surface area contributed by atoms with Crippen LogP contribution in [0.3, 0.4) is 0 Å². The number of aromatic nitrogens is 1. The molecule has 0 aromatic carbocycles. The van der Waals surface area contributed by atoms with Gasteiger partial charge >= 0.3 is 0 Å². The smallest absolute Gasteiger partial charge is 0.164 e. The molecule has 2 rings (SSSR count). The minimum absolute atomic E-state index is 0.323. The fourth-order valence-electron chi connectivity index (χ4n) is 2.22. The number of aryl methyl sites for hydroxylation is 1. The Bertz CT molecular complexity index is 533. The summed E-state index contributed by atoms with van der Waals surface area (Å²) in [5.74, 6) is 2.15. The summed E-state index contributed by atoms with van der Waals surface area (Å²) < 4.78 is 23.6. The van der Waals surface area contributed by atoms with E-state index < -0.39 is 9.84 Å². The zero-order chi connectivity index (χ0) is 14.6. The maximum Gasteiger partial charge on any atom is 0.164 e. The third-order valence-corrected chi connectivity index (χ3v) is 7.18. The van der Waals surface area contributed by atoms with Crippen molar-refractivity contribution in [1.29, 1.82) is 0 Å². The van der Waals surface area contributed by atoms with E-state index >= 15 is 0 Å². The summed E-state index contributed by atoms with van der Waals surface area (Å²) in [6.07, 6.45) is 3.16. The van der Waals surface area contributed by atoms with E-state index in [1.54, 1.807) is 23.1 Å². The van der Waals surface area contributed by atoms with E-state index in [2.05, 4.69) is 9.88 Å². The molecule has 2 heterocycles. The first kappa shape index (κ1) is 16.5. The van der Waals surface area contributed by atoms with Crippen LogP contribution in [0.1, 0.15) is 17.1 Å². The first-order valence-corrected chi connectivity index (χ1v) is 11.0. The lowest BCUT2D eigenvalue weighted by Crippen LogP contribution is -2.47. The Morgan fingerprint density at radius 2 is 2.35 bits per heavy atom. The Morgan fingerprint density at radius 3 is 3.00 bits per heavy atom. The average Bonchev–Trinajstić information content (AvgIpc) is 2.86. The molecule has 0 aliphatic carbocycles. The third kappa shape index (κ3) is 4.59. The summed E-state index contributed by atoms with van der Waals surface area (Å²) in [6, 6.07) is 0. The number of sulfone groups is 1. The molecule has 20 heavy (non-hydrogen) atoms. The standard InChI is InChI=1S/C12H19ClN2O2S3/c1-20(16,17)12-9-18-6-5-15(12)4-2-3-11-14-10(7-13)8-19-11/h8,12H,2-7,9H2,1H3. The largest absolute Gasteiger partial charge is 0.286 e. The van der Waals surface area contributed by atoms with Crippen LogP contribution in [0.15, 0.2) is 5.38 Å². The predicted octanol–water partition coefficient (Wildman–Crippen LogP) is 2.23. The van der Waals surface area contributed by atoms with E-state index in [0.29, 0.717) is 11.6 Å². The minimum atomic E-state index is -3.00. The van der Waals surface area contributed by atoms with Crippen molar-refractivity contribution in [2.24, 2.45) is 0 Å². The normalized spacial score (nSPS) is 21.2. The Hall–Kier alpha value is 0.180. The summed E-state index contributed by atoms with van der Waals surface area (Å²) in [6.45, 7) is 1.67. The molecule has 1 aliphatic rings. The molecule has 1 aliphatic heterocycles. The van der Waals surface area contributed by atoms with E-state index in [1.807, 2.05) is 5.38 Å². The number of nitrogens with zero attached hydrogens (tertiary/aromatic N) is 2. The van der Waals surface area contributed by atoms with Crippen LogP contribution in [0.5, 0.6) is 0 Å². The average molecular weight is 355 g/mol. The van der Waals surface area contributed by atoms with Gasteiger partial charge in [-0.2, -0.15) is 11.8 Å². The monoisotopic (exact) mass is 354 g/mol. The highest BCUT2D eigenvalue weighted by Gasteiger charge is 2.30. The zero-order valence-electron chi connectivity index (χ0n) is 11.4. The summed E-state index contributed by atoms with van der Waals surface area (Å²) >= 11 is 9.09. The molecule has 1 aromatic rings. The number of rotatable bonds is 6. The van der Waals surface area contributed by atoms with Crippen LogP contribution in [0, 0.1) is 0 Å². The van der Waals surface area contributed by atoms with Gasteiger partial charge in [-0.25, -0.2) is 13.4 Å². The van der Waals surface area contributed by atoms with Crippen molar-refractivity contribution in [2.45, 2.75) is 24.1 Å². The van der Waals surface area contributed by atoms with Gasteiger partial charge in [0.25, 0.3) is 0 Å². The Labute approximate surface area is 133 Å².